The molecule has 2 aromatic carbocycles. The third-order valence-corrected chi connectivity index (χ3v) is 5.71. The van der Waals surface area contributed by atoms with E-state index in [0.29, 0.717) is 6.04 Å². The molecule has 0 aliphatic carbocycles. The van der Waals surface area contributed by atoms with Crippen LogP contribution in [0, 0.1) is 0 Å². The van der Waals surface area contributed by atoms with Gasteiger partial charge in [-0.3, -0.25) is 9.88 Å². The molecule has 0 spiro atoms. The van der Waals surface area contributed by atoms with Crippen LogP contribution in [-0.4, -0.2) is 47.3 Å². The first-order valence-electron chi connectivity index (χ1n) is 9.89. The Labute approximate surface area is 169 Å². The Kier molecular flexibility index (Phi) is 5.40. The number of anilines is 1. The SMILES string of the molecule is COC(=O)Nc1ccc(CCCN(C)[C@@H]2Cc3cccc4[nH]c(=O)n(c34)C2)cc1. The van der Waals surface area contributed by atoms with Crippen LogP contribution in [0.1, 0.15) is 17.5 Å². The van der Waals surface area contributed by atoms with Crippen LogP contribution in [0.5, 0.6) is 0 Å². The van der Waals surface area contributed by atoms with Crippen molar-refractivity contribution in [3.8, 4) is 0 Å². The first-order chi connectivity index (χ1) is 14.0. The highest BCUT2D eigenvalue weighted by atomic mass is 16.5. The van der Waals surface area contributed by atoms with E-state index in [1.807, 2.05) is 41.0 Å². The number of benzene rings is 2. The molecule has 0 unspecified atom stereocenters. The van der Waals surface area contributed by atoms with E-state index in [1.54, 1.807) is 0 Å². The number of para-hydroxylation sites is 1. The third-order valence-electron chi connectivity index (χ3n) is 5.71. The molecule has 0 fully saturated rings. The molecule has 1 aromatic heterocycles. The maximum atomic E-state index is 12.3. The smallest absolute Gasteiger partial charge is 0.411 e. The number of aromatic nitrogens is 2. The van der Waals surface area contributed by atoms with Crippen LogP contribution in [0.3, 0.4) is 0 Å². The van der Waals surface area contributed by atoms with E-state index >= 15 is 0 Å². The first-order valence-corrected chi connectivity index (χ1v) is 9.89. The van der Waals surface area contributed by atoms with E-state index in [-0.39, 0.29) is 5.69 Å². The number of likely N-dealkylation sites (N-methyl/N-ethyl adjacent to an activating group) is 1. The van der Waals surface area contributed by atoms with Gasteiger partial charge in [-0.1, -0.05) is 24.3 Å². The highest BCUT2D eigenvalue weighted by Crippen LogP contribution is 2.24. The summed E-state index contributed by atoms with van der Waals surface area (Å²) in [5, 5.41) is 2.66. The average molecular weight is 394 g/mol. The Balaban J connectivity index is 1.32. The average Bonchev–Trinajstić information content (AvgIpc) is 3.06. The second-order valence-electron chi connectivity index (χ2n) is 7.61. The predicted molar refractivity (Wildman–Crippen MR) is 113 cm³/mol. The molecule has 2 heterocycles. The van der Waals surface area contributed by atoms with Crippen molar-refractivity contribution in [1.82, 2.24) is 14.5 Å². The van der Waals surface area contributed by atoms with Crippen LogP contribution >= 0.6 is 0 Å². The number of H-pyrrole nitrogens is 1. The Hall–Kier alpha value is -3.06. The van der Waals surface area contributed by atoms with Crippen LogP contribution in [0.25, 0.3) is 11.0 Å². The Bertz CT molecular complexity index is 1070. The van der Waals surface area contributed by atoms with Crippen LogP contribution in [-0.2, 0) is 24.1 Å². The molecule has 1 atom stereocenters. The molecule has 152 valence electrons. The predicted octanol–water partition coefficient (Wildman–Crippen LogP) is 3.00. The minimum Gasteiger partial charge on any atom is -0.453 e. The van der Waals surface area contributed by atoms with Gasteiger partial charge in [0.05, 0.1) is 18.1 Å². The van der Waals surface area contributed by atoms with Crippen LogP contribution in [0.15, 0.2) is 47.3 Å². The molecule has 7 heteroatoms. The molecule has 1 amide bonds. The highest BCUT2D eigenvalue weighted by Gasteiger charge is 2.25. The van der Waals surface area contributed by atoms with Gasteiger partial charge in [0.25, 0.3) is 0 Å². The topological polar surface area (TPSA) is 79.4 Å². The number of hydrogen-bond acceptors (Lipinski definition) is 4. The van der Waals surface area contributed by atoms with Gasteiger partial charge >= 0.3 is 11.8 Å². The van der Waals surface area contributed by atoms with Crippen LogP contribution in [0.2, 0.25) is 0 Å². The van der Waals surface area contributed by atoms with Crippen molar-refractivity contribution >= 4 is 22.8 Å². The first kappa shape index (κ1) is 19.3. The number of hydrogen-bond donors (Lipinski definition) is 2. The van der Waals surface area contributed by atoms with E-state index in [0.717, 1.165) is 49.1 Å². The maximum absolute atomic E-state index is 12.3. The molecule has 4 rings (SSSR count). The van der Waals surface area contributed by atoms with E-state index in [9.17, 15) is 9.59 Å². The number of nitrogens with one attached hydrogen (secondary N) is 2. The van der Waals surface area contributed by atoms with Gasteiger partial charge in [0.1, 0.15) is 0 Å². The van der Waals surface area contributed by atoms with Crippen molar-refractivity contribution < 1.29 is 9.53 Å². The number of rotatable bonds is 6. The summed E-state index contributed by atoms with van der Waals surface area (Å²) in [4.78, 5) is 28.8. The van der Waals surface area contributed by atoms with Crippen LogP contribution < -0.4 is 11.0 Å². The number of carbonyl (C=O) groups is 1. The lowest BCUT2D eigenvalue weighted by molar-refractivity contribution is 0.187. The van der Waals surface area contributed by atoms with Crippen LogP contribution in [0.4, 0.5) is 10.5 Å². The molecule has 0 bridgehead atoms. The lowest BCUT2D eigenvalue weighted by atomic mass is 9.99. The zero-order valence-corrected chi connectivity index (χ0v) is 16.8. The zero-order valence-electron chi connectivity index (χ0n) is 16.8. The number of nitrogens with zero attached hydrogens (tertiary/aromatic N) is 2. The lowest BCUT2D eigenvalue weighted by Crippen LogP contribution is -2.42. The lowest BCUT2D eigenvalue weighted by Gasteiger charge is -2.31. The molecular weight excluding hydrogens is 368 g/mol. The standard InChI is InChI=1S/C22H26N4O3/c1-25(12-4-5-15-8-10-17(11-9-15)23-22(28)29-2)18-13-16-6-3-7-19-20(16)26(14-18)21(27)24-19/h3,6-11,18H,4-5,12-14H2,1-2H3,(H,23,28)(H,24,27)/t18-/m1/s1. The molecule has 29 heavy (non-hydrogen) atoms. The Morgan fingerprint density at radius 1 is 1.28 bits per heavy atom. The monoisotopic (exact) mass is 394 g/mol. The third kappa shape index (κ3) is 4.05. The Morgan fingerprint density at radius 3 is 2.83 bits per heavy atom. The number of amides is 1. The highest BCUT2D eigenvalue weighted by molar-refractivity contribution is 5.84. The number of aromatic amines is 1. The maximum Gasteiger partial charge on any atom is 0.411 e. The van der Waals surface area contributed by atoms with Crippen molar-refractivity contribution in [3.63, 3.8) is 0 Å². The van der Waals surface area contributed by atoms with Gasteiger partial charge < -0.3 is 14.6 Å². The van der Waals surface area contributed by atoms with Crippen molar-refractivity contribution in [1.29, 1.82) is 0 Å². The second-order valence-corrected chi connectivity index (χ2v) is 7.61. The molecule has 2 N–H and O–H groups in total. The second kappa shape index (κ2) is 8.13. The molecule has 0 radical (unpaired) electrons. The molecule has 3 aromatic rings. The van der Waals surface area contributed by atoms with Gasteiger partial charge in [0.15, 0.2) is 0 Å². The van der Waals surface area contributed by atoms with Crippen molar-refractivity contribution in [2.45, 2.75) is 31.8 Å². The van der Waals surface area contributed by atoms with Crippen molar-refractivity contribution in [3.05, 3.63) is 64.1 Å². The molecule has 0 saturated carbocycles. The summed E-state index contributed by atoms with van der Waals surface area (Å²) in [6, 6.07) is 14.2. The molecule has 1 aliphatic rings. The summed E-state index contributed by atoms with van der Waals surface area (Å²) in [6.45, 7) is 1.68. The molecular formula is C22H26N4O3. The minimum atomic E-state index is -0.466. The molecule has 0 saturated heterocycles. The van der Waals surface area contributed by atoms with Crippen molar-refractivity contribution in [2.75, 3.05) is 26.0 Å². The summed E-state index contributed by atoms with van der Waals surface area (Å²) in [5.74, 6) is 0. The summed E-state index contributed by atoms with van der Waals surface area (Å²) in [7, 11) is 3.48. The fraction of sp³-hybridized carbons (Fsp3) is 0.364. The molecule has 1 aliphatic heterocycles. The number of carbonyl (C=O) groups excluding carboxylic acids is 1. The zero-order chi connectivity index (χ0) is 20.4. The van der Waals surface area contributed by atoms with Crippen molar-refractivity contribution in [2.24, 2.45) is 0 Å². The summed E-state index contributed by atoms with van der Waals surface area (Å²) in [5.41, 5.74) is 5.15. The van der Waals surface area contributed by atoms with E-state index < -0.39 is 6.09 Å². The largest absolute Gasteiger partial charge is 0.453 e. The summed E-state index contributed by atoms with van der Waals surface area (Å²) < 4.78 is 6.47. The van der Waals surface area contributed by atoms with Gasteiger partial charge in [0, 0.05) is 18.3 Å². The van der Waals surface area contributed by atoms with Gasteiger partial charge in [0.2, 0.25) is 0 Å². The number of ether oxygens (including phenoxy) is 1. The van der Waals surface area contributed by atoms with Gasteiger partial charge in [-0.2, -0.15) is 0 Å². The van der Waals surface area contributed by atoms with Gasteiger partial charge in [-0.15, -0.1) is 0 Å². The van der Waals surface area contributed by atoms with Gasteiger partial charge in [-0.05, 0) is 62.2 Å². The number of aryl methyl sites for hydroxylation is 1. The van der Waals surface area contributed by atoms with E-state index in [4.69, 9.17) is 0 Å². The fourth-order valence-corrected chi connectivity index (χ4v) is 4.10. The fourth-order valence-electron chi connectivity index (χ4n) is 4.10. The quantitative estimate of drug-likeness (QED) is 0.674. The molecule has 7 nitrogen and oxygen atoms in total. The summed E-state index contributed by atoms with van der Waals surface area (Å²) in [6.07, 6.45) is 2.47. The minimum absolute atomic E-state index is 0.0220. The number of methoxy groups -OCH3 is 1. The Morgan fingerprint density at radius 2 is 2.07 bits per heavy atom. The van der Waals surface area contributed by atoms with E-state index in [2.05, 4.69) is 33.1 Å². The van der Waals surface area contributed by atoms with Gasteiger partial charge in [-0.25, -0.2) is 9.59 Å². The van der Waals surface area contributed by atoms with E-state index in [1.165, 1.54) is 18.2 Å². The number of imidazole rings is 1. The summed E-state index contributed by atoms with van der Waals surface area (Å²) >= 11 is 0. The normalized spacial score (nSPS) is 15.6.